The Kier molecular flexibility index (Phi) is 4.74. The van der Waals surface area contributed by atoms with Crippen LogP contribution in [0.1, 0.15) is 19.0 Å². The molecule has 102 valence electrons. The molecule has 0 saturated carbocycles. The number of nitrogens with zero attached hydrogens (tertiary/aromatic N) is 2. The third kappa shape index (κ3) is 3.10. The second-order valence-electron chi connectivity index (χ2n) is 5.06. The monoisotopic (exact) mass is 253 g/mol. The van der Waals surface area contributed by atoms with Gasteiger partial charge in [-0.1, -0.05) is 6.92 Å². The van der Waals surface area contributed by atoms with Crippen molar-refractivity contribution in [3.63, 3.8) is 0 Å². The Morgan fingerprint density at radius 1 is 1.44 bits per heavy atom. The minimum absolute atomic E-state index is 0.211. The number of ether oxygens (including phenoxy) is 2. The molecule has 0 bridgehead atoms. The number of hydrogen-bond acceptors (Lipinski definition) is 4. The first-order chi connectivity index (χ1) is 8.76. The molecule has 1 aromatic heterocycles. The van der Waals surface area contributed by atoms with E-state index < -0.39 is 0 Å². The molecular formula is C13H23N3O2. The van der Waals surface area contributed by atoms with E-state index in [-0.39, 0.29) is 5.41 Å². The van der Waals surface area contributed by atoms with E-state index >= 15 is 0 Å². The minimum Gasteiger partial charge on any atom is -0.382 e. The lowest BCUT2D eigenvalue weighted by molar-refractivity contribution is 0.0661. The average Bonchev–Trinajstić information content (AvgIpc) is 2.98. The van der Waals surface area contributed by atoms with E-state index in [2.05, 4.69) is 21.8 Å². The van der Waals surface area contributed by atoms with Crippen LogP contribution in [0.5, 0.6) is 0 Å². The summed E-state index contributed by atoms with van der Waals surface area (Å²) in [4.78, 5) is 4.28. The van der Waals surface area contributed by atoms with Crippen LogP contribution in [0.2, 0.25) is 0 Å². The molecule has 2 heterocycles. The third-order valence-electron chi connectivity index (χ3n) is 3.61. The van der Waals surface area contributed by atoms with Gasteiger partial charge in [-0.05, 0) is 13.0 Å². The van der Waals surface area contributed by atoms with Gasteiger partial charge >= 0.3 is 0 Å². The number of imidazole rings is 1. The van der Waals surface area contributed by atoms with Crippen molar-refractivity contribution in [3.8, 4) is 0 Å². The van der Waals surface area contributed by atoms with Crippen LogP contribution in [0.4, 0.5) is 0 Å². The molecular weight excluding hydrogens is 230 g/mol. The zero-order valence-corrected chi connectivity index (χ0v) is 11.3. The summed E-state index contributed by atoms with van der Waals surface area (Å²) in [5, 5.41) is 3.42. The quantitative estimate of drug-likeness (QED) is 0.730. The molecule has 1 aromatic rings. The van der Waals surface area contributed by atoms with E-state index in [1.54, 1.807) is 7.11 Å². The maximum absolute atomic E-state index is 5.51. The molecule has 5 nitrogen and oxygen atoms in total. The molecule has 1 aliphatic rings. The molecule has 2 rings (SSSR count). The summed E-state index contributed by atoms with van der Waals surface area (Å²) < 4.78 is 12.7. The van der Waals surface area contributed by atoms with Crippen molar-refractivity contribution in [2.24, 2.45) is 0 Å². The van der Waals surface area contributed by atoms with Crippen molar-refractivity contribution in [2.45, 2.75) is 25.3 Å². The van der Waals surface area contributed by atoms with Crippen LogP contribution in [0.3, 0.4) is 0 Å². The van der Waals surface area contributed by atoms with Gasteiger partial charge in [-0.15, -0.1) is 0 Å². The van der Waals surface area contributed by atoms with Crippen molar-refractivity contribution >= 4 is 0 Å². The summed E-state index contributed by atoms with van der Waals surface area (Å²) in [5.41, 5.74) is 1.52. The molecule has 18 heavy (non-hydrogen) atoms. The van der Waals surface area contributed by atoms with Gasteiger partial charge in [0.25, 0.3) is 0 Å². The zero-order chi connectivity index (χ0) is 12.8. The second kappa shape index (κ2) is 6.31. The van der Waals surface area contributed by atoms with E-state index in [1.807, 2.05) is 12.5 Å². The fourth-order valence-electron chi connectivity index (χ4n) is 2.44. The molecule has 0 spiro atoms. The first-order valence-electron chi connectivity index (χ1n) is 6.54. The molecule has 1 unspecified atom stereocenters. The maximum atomic E-state index is 5.51. The highest BCUT2D eigenvalue weighted by atomic mass is 16.5. The van der Waals surface area contributed by atoms with Gasteiger partial charge in [0.1, 0.15) is 0 Å². The Labute approximate surface area is 108 Å². The van der Waals surface area contributed by atoms with Gasteiger partial charge in [-0.25, -0.2) is 4.98 Å². The Morgan fingerprint density at radius 2 is 2.33 bits per heavy atom. The molecule has 1 aliphatic heterocycles. The van der Waals surface area contributed by atoms with Gasteiger partial charge in [0, 0.05) is 37.5 Å². The van der Waals surface area contributed by atoms with Crippen molar-refractivity contribution in [2.75, 3.05) is 40.0 Å². The predicted molar refractivity (Wildman–Crippen MR) is 69.8 cm³/mol. The third-order valence-corrected chi connectivity index (χ3v) is 3.61. The normalized spacial score (nSPS) is 23.7. The van der Waals surface area contributed by atoms with E-state index in [9.17, 15) is 0 Å². The number of methoxy groups -OCH3 is 1. The number of aromatic nitrogens is 2. The Bertz CT molecular complexity index is 359. The highest BCUT2D eigenvalue weighted by Gasteiger charge is 2.33. The van der Waals surface area contributed by atoms with Crippen molar-refractivity contribution < 1.29 is 9.47 Å². The highest BCUT2D eigenvalue weighted by molar-refractivity contribution is 5.17. The summed E-state index contributed by atoms with van der Waals surface area (Å²) in [5.74, 6) is 0. The molecule has 0 aromatic carbocycles. The minimum atomic E-state index is 0.211. The summed E-state index contributed by atoms with van der Waals surface area (Å²) in [6.07, 6.45) is 5.06. The molecule has 1 saturated heterocycles. The highest BCUT2D eigenvalue weighted by Crippen LogP contribution is 2.29. The average molecular weight is 253 g/mol. The maximum Gasteiger partial charge on any atom is 0.0949 e. The summed E-state index contributed by atoms with van der Waals surface area (Å²) in [6, 6.07) is 0. The largest absolute Gasteiger partial charge is 0.382 e. The first kappa shape index (κ1) is 13.5. The van der Waals surface area contributed by atoms with Gasteiger partial charge in [0.05, 0.1) is 26.1 Å². The topological polar surface area (TPSA) is 48.3 Å². The number of nitrogens with one attached hydrogen (secondary N) is 1. The molecule has 0 amide bonds. The van der Waals surface area contributed by atoms with Crippen LogP contribution in [0, 0.1) is 0 Å². The molecule has 0 radical (unpaired) electrons. The Hall–Kier alpha value is -0.910. The lowest BCUT2D eigenvalue weighted by atomic mass is 9.86. The number of hydrogen-bond donors (Lipinski definition) is 1. The van der Waals surface area contributed by atoms with Gasteiger partial charge in [-0.2, -0.15) is 0 Å². The molecule has 5 heteroatoms. The van der Waals surface area contributed by atoms with E-state index in [0.29, 0.717) is 19.8 Å². The fraction of sp³-hybridized carbons (Fsp3) is 0.769. The van der Waals surface area contributed by atoms with Crippen molar-refractivity contribution in [1.82, 2.24) is 14.9 Å². The van der Waals surface area contributed by atoms with E-state index in [1.165, 1.54) is 12.1 Å². The second-order valence-corrected chi connectivity index (χ2v) is 5.06. The summed E-state index contributed by atoms with van der Waals surface area (Å²) >= 11 is 0. The van der Waals surface area contributed by atoms with Crippen molar-refractivity contribution in [3.05, 3.63) is 18.2 Å². The SMILES string of the molecule is COCCOCCn1cncc1C1(C)CCNC1. The summed E-state index contributed by atoms with van der Waals surface area (Å²) in [7, 11) is 1.69. The van der Waals surface area contributed by atoms with Crippen LogP contribution in [0.25, 0.3) is 0 Å². The molecule has 0 aliphatic carbocycles. The first-order valence-corrected chi connectivity index (χ1v) is 6.54. The van der Waals surface area contributed by atoms with Crippen LogP contribution >= 0.6 is 0 Å². The Balaban J connectivity index is 1.87. The van der Waals surface area contributed by atoms with E-state index in [4.69, 9.17) is 9.47 Å². The van der Waals surface area contributed by atoms with Gasteiger partial charge in [0.15, 0.2) is 0 Å². The van der Waals surface area contributed by atoms with Crippen LogP contribution < -0.4 is 5.32 Å². The molecule has 1 N–H and O–H groups in total. The Morgan fingerprint density at radius 3 is 3.06 bits per heavy atom. The van der Waals surface area contributed by atoms with Crippen LogP contribution in [-0.2, 0) is 21.4 Å². The molecule has 1 fully saturated rings. The number of rotatable bonds is 7. The fourth-order valence-corrected chi connectivity index (χ4v) is 2.44. The van der Waals surface area contributed by atoms with Crippen LogP contribution in [-0.4, -0.2) is 49.6 Å². The van der Waals surface area contributed by atoms with Crippen molar-refractivity contribution in [1.29, 1.82) is 0 Å². The van der Waals surface area contributed by atoms with E-state index in [0.717, 1.165) is 19.6 Å². The zero-order valence-electron chi connectivity index (χ0n) is 11.3. The van der Waals surface area contributed by atoms with Gasteiger partial charge in [0.2, 0.25) is 0 Å². The predicted octanol–water partition coefficient (Wildman–Crippen LogP) is 0.797. The van der Waals surface area contributed by atoms with Gasteiger partial charge < -0.3 is 19.4 Å². The smallest absolute Gasteiger partial charge is 0.0949 e. The lowest BCUT2D eigenvalue weighted by Crippen LogP contribution is -2.28. The summed E-state index contributed by atoms with van der Waals surface area (Å²) in [6.45, 7) is 7.28. The van der Waals surface area contributed by atoms with Gasteiger partial charge in [-0.3, -0.25) is 0 Å². The van der Waals surface area contributed by atoms with Crippen LogP contribution in [0.15, 0.2) is 12.5 Å². The molecule has 1 atom stereocenters. The lowest BCUT2D eigenvalue weighted by Gasteiger charge is -2.24. The standard InChI is InChI=1S/C13H23N3O2/c1-13(3-4-14-10-13)12-9-15-11-16(12)5-6-18-8-7-17-2/h9,11,14H,3-8,10H2,1-2H3.